The Bertz CT molecular complexity index is 1600. The summed E-state index contributed by atoms with van der Waals surface area (Å²) >= 11 is 0. The highest BCUT2D eigenvalue weighted by atomic mass is 19.1. The molecule has 2 aliphatic heterocycles. The predicted octanol–water partition coefficient (Wildman–Crippen LogP) is 2.33. The number of nitrogens with zero attached hydrogens (tertiary/aromatic N) is 5. The zero-order valence-electron chi connectivity index (χ0n) is 18.4. The molecule has 1 aromatic carbocycles. The minimum absolute atomic E-state index is 0.00101. The van der Waals surface area contributed by atoms with E-state index in [0.29, 0.717) is 5.56 Å². The molecule has 6 rings (SSSR count). The fraction of sp³-hybridized carbons (Fsp3) is 0.217. The van der Waals surface area contributed by atoms with Crippen LogP contribution in [0.15, 0.2) is 36.5 Å². The Morgan fingerprint density at radius 2 is 1.74 bits per heavy atom. The van der Waals surface area contributed by atoms with E-state index in [0.717, 1.165) is 6.20 Å². The van der Waals surface area contributed by atoms with Crippen LogP contribution in [0.2, 0.25) is 0 Å². The van der Waals surface area contributed by atoms with Crippen LogP contribution in [-0.2, 0) is 21.7 Å². The van der Waals surface area contributed by atoms with Crippen LogP contribution in [-0.4, -0.2) is 41.7 Å². The topological polar surface area (TPSA) is 135 Å². The highest BCUT2D eigenvalue weighted by Gasteiger charge is 2.64. The van der Waals surface area contributed by atoms with E-state index < -0.39 is 34.5 Å². The third-order valence-corrected chi connectivity index (χ3v) is 6.58. The molecule has 2 amide bonds. The van der Waals surface area contributed by atoms with Crippen LogP contribution in [0.25, 0.3) is 22.6 Å². The molecular weight excluding hydrogens is 460 g/mol. The van der Waals surface area contributed by atoms with Gasteiger partial charge in [0.1, 0.15) is 29.0 Å². The van der Waals surface area contributed by atoms with Gasteiger partial charge in [0, 0.05) is 5.56 Å². The van der Waals surface area contributed by atoms with E-state index in [9.17, 15) is 23.5 Å². The molecule has 12 heteroatoms. The number of fused-ring (bicyclic) bond motifs is 1. The van der Waals surface area contributed by atoms with E-state index in [1.54, 1.807) is 18.2 Å². The lowest BCUT2D eigenvalue weighted by Crippen LogP contribution is -2.56. The van der Waals surface area contributed by atoms with Gasteiger partial charge >= 0.3 is 0 Å². The van der Waals surface area contributed by atoms with Crippen molar-refractivity contribution in [2.45, 2.75) is 26.0 Å². The quantitative estimate of drug-likeness (QED) is 0.412. The van der Waals surface area contributed by atoms with Crippen molar-refractivity contribution < 1.29 is 23.5 Å². The van der Waals surface area contributed by atoms with Gasteiger partial charge in [-0.1, -0.05) is 18.2 Å². The van der Waals surface area contributed by atoms with Gasteiger partial charge < -0.3 is 15.7 Å². The zero-order valence-corrected chi connectivity index (χ0v) is 18.4. The molecule has 3 N–H and O–H groups in total. The van der Waals surface area contributed by atoms with Crippen molar-refractivity contribution >= 4 is 34.5 Å². The van der Waals surface area contributed by atoms with Gasteiger partial charge in [-0.05, 0) is 26.0 Å². The first kappa shape index (κ1) is 21.2. The minimum atomic E-state index is -2.17. The van der Waals surface area contributed by atoms with Crippen LogP contribution in [0.1, 0.15) is 25.0 Å². The van der Waals surface area contributed by atoms with E-state index in [1.165, 1.54) is 30.7 Å². The number of carbonyl (C=O) groups excluding carboxylic acids is 2. The third-order valence-electron chi connectivity index (χ3n) is 6.58. The van der Waals surface area contributed by atoms with Gasteiger partial charge in [-0.25, -0.2) is 28.4 Å². The Morgan fingerprint density at radius 1 is 1.06 bits per heavy atom. The molecule has 4 aromatic rings. The molecule has 0 aliphatic carbocycles. The van der Waals surface area contributed by atoms with Gasteiger partial charge in [0.15, 0.2) is 17.1 Å². The summed E-state index contributed by atoms with van der Waals surface area (Å²) < 4.78 is 29.8. The zero-order chi connectivity index (χ0) is 24.7. The van der Waals surface area contributed by atoms with Gasteiger partial charge in [-0.3, -0.25) is 9.59 Å². The first-order valence-corrected chi connectivity index (χ1v) is 10.6. The van der Waals surface area contributed by atoms with E-state index in [2.05, 4.69) is 30.7 Å². The van der Waals surface area contributed by atoms with Gasteiger partial charge in [0.25, 0.3) is 5.91 Å². The van der Waals surface area contributed by atoms with Crippen molar-refractivity contribution in [2.24, 2.45) is 5.41 Å². The number of hydrogen-bond acceptors (Lipinski definition) is 7. The van der Waals surface area contributed by atoms with E-state index in [-0.39, 0.29) is 46.3 Å². The number of aliphatic hydroxyl groups is 1. The maximum absolute atomic E-state index is 14.3. The molecule has 0 bridgehead atoms. The number of nitrogens with one attached hydrogen (secondary N) is 2. The van der Waals surface area contributed by atoms with Gasteiger partial charge in [0.2, 0.25) is 5.91 Å². The normalized spacial score (nSPS) is 20.0. The molecule has 0 unspecified atom stereocenters. The molecule has 5 heterocycles. The monoisotopic (exact) mass is 477 g/mol. The molecule has 0 saturated heterocycles. The average molecular weight is 477 g/mol. The molecule has 0 saturated carbocycles. The standard InChI is InChI=1S/C23H17F2N7O3/c1-22(2)20(33)29-16-14-17(30-21(34)23(14,22)35)28-18(27-16)15-12-7-11(24)8-26-19(12)32(31-15)9-10-5-3-4-6-13(10)25/h3-8,35H,9H2,1-2H3,(H2,27,28,29,30,33,34)/t23-/m0/s1. The van der Waals surface area contributed by atoms with Crippen LogP contribution in [0.5, 0.6) is 0 Å². The number of pyridine rings is 1. The SMILES string of the molecule is CC1(C)C(=O)Nc2nc(-c3nn(Cc4ccccc4F)c4ncc(F)cc34)nc3c2[C@]1(O)C(=O)N3. The molecule has 10 nitrogen and oxygen atoms in total. The lowest BCUT2D eigenvalue weighted by Gasteiger charge is -2.40. The summed E-state index contributed by atoms with van der Waals surface area (Å²) in [5.74, 6) is -2.59. The largest absolute Gasteiger partial charge is 0.374 e. The molecular formula is C23H17F2N7O3. The molecule has 35 heavy (non-hydrogen) atoms. The molecule has 3 aromatic heterocycles. The highest BCUT2D eigenvalue weighted by Crippen LogP contribution is 2.53. The maximum Gasteiger partial charge on any atom is 0.263 e. The number of carbonyl (C=O) groups is 2. The van der Waals surface area contributed by atoms with Crippen molar-refractivity contribution in [1.29, 1.82) is 0 Å². The number of anilines is 2. The second-order valence-corrected chi connectivity index (χ2v) is 8.99. The first-order chi connectivity index (χ1) is 16.6. The summed E-state index contributed by atoms with van der Waals surface area (Å²) in [7, 11) is 0. The van der Waals surface area contributed by atoms with E-state index >= 15 is 0 Å². The second-order valence-electron chi connectivity index (χ2n) is 8.99. The lowest BCUT2D eigenvalue weighted by molar-refractivity contribution is -0.158. The lowest BCUT2D eigenvalue weighted by atomic mass is 9.69. The van der Waals surface area contributed by atoms with Crippen LogP contribution >= 0.6 is 0 Å². The van der Waals surface area contributed by atoms with E-state index in [4.69, 9.17) is 0 Å². The van der Waals surface area contributed by atoms with Crippen LogP contribution in [0.3, 0.4) is 0 Å². The van der Waals surface area contributed by atoms with Crippen LogP contribution in [0, 0.1) is 17.0 Å². The Balaban J connectivity index is 1.55. The van der Waals surface area contributed by atoms with Gasteiger partial charge in [0.05, 0.1) is 29.1 Å². The summed E-state index contributed by atoms with van der Waals surface area (Å²) in [5, 5.41) is 21.1. The number of rotatable bonds is 3. The predicted molar refractivity (Wildman–Crippen MR) is 119 cm³/mol. The molecule has 0 radical (unpaired) electrons. The summed E-state index contributed by atoms with van der Waals surface area (Å²) in [6.45, 7) is 2.89. The van der Waals surface area contributed by atoms with Crippen LogP contribution < -0.4 is 10.6 Å². The van der Waals surface area contributed by atoms with Crippen molar-refractivity contribution in [2.75, 3.05) is 10.6 Å². The summed E-state index contributed by atoms with van der Waals surface area (Å²) in [4.78, 5) is 38.3. The molecule has 0 fully saturated rings. The molecule has 176 valence electrons. The molecule has 0 spiro atoms. The summed E-state index contributed by atoms with van der Waals surface area (Å²) in [6.07, 6.45) is 1.02. The fourth-order valence-corrected chi connectivity index (χ4v) is 4.52. The van der Waals surface area contributed by atoms with Crippen molar-refractivity contribution in [3.63, 3.8) is 0 Å². The van der Waals surface area contributed by atoms with Crippen LogP contribution in [0.4, 0.5) is 20.4 Å². The molecule has 2 aliphatic rings. The Morgan fingerprint density at radius 3 is 2.46 bits per heavy atom. The summed E-state index contributed by atoms with van der Waals surface area (Å²) in [5.41, 5.74) is -2.90. The number of hydrogen-bond donors (Lipinski definition) is 3. The highest BCUT2D eigenvalue weighted by molar-refractivity contribution is 6.14. The number of benzene rings is 1. The summed E-state index contributed by atoms with van der Waals surface area (Å²) in [6, 6.07) is 7.35. The smallest absolute Gasteiger partial charge is 0.263 e. The van der Waals surface area contributed by atoms with Gasteiger partial charge in [-0.15, -0.1) is 0 Å². The Kier molecular flexibility index (Phi) is 4.16. The maximum atomic E-state index is 14.3. The Hall–Kier alpha value is -4.32. The molecule has 1 atom stereocenters. The van der Waals surface area contributed by atoms with Crippen molar-refractivity contribution in [3.05, 3.63) is 59.3 Å². The second kappa shape index (κ2) is 6.85. The Labute approximate surface area is 196 Å². The van der Waals surface area contributed by atoms with E-state index in [1.807, 2.05) is 0 Å². The van der Waals surface area contributed by atoms with Gasteiger partial charge in [-0.2, -0.15) is 5.10 Å². The van der Waals surface area contributed by atoms with Crippen molar-refractivity contribution in [3.8, 4) is 11.5 Å². The number of amides is 2. The van der Waals surface area contributed by atoms with Crippen molar-refractivity contribution in [1.82, 2.24) is 24.7 Å². The fourth-order valence-electron chi connectivity index (χ4n) is 4.52. The first-order valence-electron chi connectivity index (χ1n) is 10.6. The number of halogens is 2. The third kappa shape index (κ3) is 2.77. The minimum Gasteiger partial charge on any atom is -0.374 e. The average Bonchev–Trinajstić information content (AvgIpc) is 3.29. The number of aromatic nitrogens is 5.